The van der Waals surface area contributed by atoms with Crippen molar-refractivity contribution >= 4 is 15.8 Å². The molecule has 0 aromatic heterocycles. The minimum atomic E-state index is -0.892. The molecule has 0 bridgehead atoms. The van der Waals surface area contributed by atoms with Crippen molar-refractivity contribution in [2.45, 2.75) is 39.0 Å². The van der Waals surface area contributed by atoms with Gasteiger partial charge in [0, 0.05) is 19.8 Å². The van der Waals surface area contributed by atoms with E-state index in [-0.39, 0.29) is 0 Å². The van der Waals surface area contributed by atoms with E-state index < -0.39 is 15.2 Å². The summed E-state index contributed by atoms with van der Waals surface area (Å²) >= 11 is 0. The summed E-state index contributed by atoms with van der Waals surface area (Å²) in [5.41, 5.74) is 1.96. The van der Waals surface area contributed by atoms with Crippen LogP contribution in [0.5, 0.6) is 0 Å². The first kappa shape index (κ1) is 18.1. The third-order valence-corrected chi connectivity index (χ3v) is 5.27. The molecule has 0 amide bonds. The van der Waals surface area contributed by atoms with Crippen LogP contribution in [0.15, 0.2) is 30.8 Å². The molecule has 1 aromatic carbocycles. The predicted octanol–water partition coefficient (Wildman–Crippen LogP) is 3.11. The zero-order valence-electron chi connectivity index (χ0n) is 13.6. The summed E-state index contributed by atoms with van der Waals surface area (Å²) in [6.07, 6.45) is 3.62. The lowest BCUT2D eigenvalue weighted by Gasteiger charge is -2.31. The molecule has 3 nitrogen and oxygen atoms in total. The van der Waals surface area contributed by atoms with Crippen LogP contribution in [0.4, 0.5) is 0 Å². The minimum absolute atomic E-state index is 0.462. The molecular formula is C17H28O3Si. The molecule has 0 saturated heterocycles. The Morgan fingerprint density at radius 2 is 1.71 bits per heavy atom. The molecule has 0 unspecified atom stereocenters. The number of rotatable bonds is 11. The summed E-state index contributed by atoms with van der Waals surface area (Å²) in [4.78, 5) is 0. The van der Waals surface area contributed by atoms with Crippen molar-refractivity contribution in [1.29, 1.82) is 0 Å². The molecule has 1 rings (SSSR count). The topological polar surface area (TPSA) is 27.7 Å². The minimum Gasteiger partial charge on any atom is -0.417 e. The van der Waals surface area contributed by atoms with Crippen LogP contribution >= 0.6 is 0 Å². The quantitative estimate of drug-likeness (QED) is 0.357. The lowest BCUT2D eigenvalue weighted by Crippen LogP contribution is -2.43. The van der Waals surface area contributed by atoms with Gasteiger partial charge in [-0.2, -0.15) is 0 Å². The van der Waals surface area contributed by atoms with Crippen LogP contribution < -0.4 is 0 Å². The van der Waals surface area contributed by atoms with Crippen molar-refractivity contribution in [3.63, 3.8) is 0 Å². The SMILES string of the molecule is C=Cc1ccc(CCO[SiH2]C(CC)(OCC)OCC)cc1. The Bertz CT molecular complexity index is 397. The first-order valence-electron chi connectivity index (χ1n) is 7.76. The van der Waals surface area contributed by atoms with Crippen LogP contribution in [0.25, 0.3) is 6.08 Å². The van der Waals surface area contributed by atoms with Gasteiger partial charge in [-0.25, -0.2) is 0 Å². The van der Waals surface area contributed by atoms with Crippen LogP contribution in [0.3, 0.4) is 0 Å². The van der Waals surface area contributed by atoms with Gasteiger partial charge in [0.1, 0.15) is 0 Å². The lowest BCUT2D eigenvalue weighted by molar-refractivity contribution is -0.183. The molecule has 0 N–H and O–H groups in total. The van der Waals surface area contributed by atoms with E-state index in [1.54, 1.807) is 0 Å². The van der Waals surface area contributed by atoms with Gasteiger partial charge in [-0.3, -0.25) is 0 Å². The maximum Gasteiger partial charge on any atom is 0.227 e. The highest BCUT2D eigenvalue weighted by Gasteiger charge is 2.30. The molecule has 0 atom stereocenters. The fraction of sp³-hybridized carbons (Fsp3) is 0.529. The molecule has 0 heterocycles. The van der Waals surface area contributed by atoms with Gasteiger partial charge < -0.3 is 13.9 Å². The van der Waals surface area contributed by atoms with Crippen LogP contribution in [0, 0.1) is 0 Å². The van der Waals surface area contributed by atoms with Gasteiger partial charge in [-0.05, 0) is 37.8 Å². The van der Waals surface area contributed by atoms with Gasteiger partial charge in [-0.15, -0.1) is 0 Å². The maximum atomic E-state index is 5.92. The van der Waals surface area contributed by atoms with Crippen LogP contribution in [0.1, 0.15) is 38.3 Å². The fourth-order valence-corrected chi connectivity index (χ4v) is 3.57. The van der Waals surface area contributed by atoms with Gasteiger partial charge in [-0.1, -0.05) is 43.8 Å². The Hall–Kier alpha value is -0.943. The Balaban J connectivity index is 2.40. The molecule has 0 radical (unpaired) electrons. The Morgan fingerprint density at radius 1 is 1.10 bits per heavy atom. The molecule has 1 aromatic rings. The summed E-state index contributed by atoms with van der Waals surface area (Å²) in [7, 11) is -0.892. The van der Waals surface area contributed by atoms with E-state index in [1.165, 1.54) is 5.56 Å². The van der Waals surface area contributed by atoms with Crippen LogP contribution in [0.2, 0.25) is 0 Å². The largest absolute Gasteiger partial charge is 0.417 e. The molecular weight excluding hydrogens is 280 g/mol. The van der Waals surface area contributed by atoms with E-state index in [2.05, 4.69) is 37.8 Å². The normalized spacial score (nSPS) is 12.1. The Morgan fingerprint density at radius 3 is 2.19 bits per heavy atom. The summed E-state index contributed by atoms with van der Waals surface area (Å²) in [5, 5.41) is 0. The van der Waals surface area contributed by atoms with E-state index in [1.807, 2.05) is 19.9 Å². The molecule has 0 aliphatic heterocycles. The van der Waals surface area contributed by atoms with Crippen molar-refractivity contribution in [1.82, 2.24) is 0 Å². The molecule has 0 spiro atoms. The second-order valence-electron chi connectivity index (χ2n) is 4.88. The van der Waals surface area contributed by atoms with Crippen LogP contribution in [-0.4, -0.2) is 35.0 Å². The van der Waals surface area contributed by atoms with E-state index in [0.29, 0.717) is 13.2 Å². The number of ether oxygens (including phenoxy) is 2. The maximum absolute atomic E-state index is 5.92. The van der Waals surface area contributed by atoms with Crippen molar-refractivity contribution in [3.8, 4) is 0 Å². The smallest absolute Gasteiger partial charge is 0.227 e. The fourth-order valence-electron chi connectivity index (χ4n) is 2.20. The predicted molar refractivity (Wildman–Crippen MR) is 91.0 cm³/mol. The van der Waals surface area contributed by atoms with Gasteiger partial charge in [0.15, 0.2) is 5.41 Å². The summed E-state index contributed by atoms with van der Waals surface area (Å²) in [6.45, 7) is 11.9. The molecule has 118 valence electrons. The summed E-state index contributed by atoms with van der Waals surface area (Å²) in [6, 6.07) is 8.41. The van der Waals surface area contributed by atoms with Crippen molar-refractivity contribution < 1.29 is 13.9 Å². The van der Waals surface area contributed by atoms with E-state index >= 15 is 0 Å². The zero-order valence-corrected chi connectivity index (χ0v) is 15.0. The third-order valence-electron chi connectivity index (χ3n) is 3.43. The van der Waals surface area contributed by atoms with Gasteiger partial charge in [0.25, 0.3) is 0 Å². The summed E-state index contributed by atoms with van der Waals surface area (Å²) < 4.78 is 17.5. The Labute approximate surface area is 131 Å². The Kier molecular flexibility index (Phi) is 8.53. The number of benzene rings is 1. The molecule has 21 heavy (non-hydrogen) atoms. The molecule has 0 aliphatic carbocycles. The molecule has 0 aliphatic rings. The third kappa shape index (κ3) is 6.14. The number of hydrogen-bond donors (Lipinski definition) is 0. The highest BCUT2D eigenvalue weighted by Crippen LogP contribution is 2.17. The highest BCUT2D eigenvalue weighted by atomic mass is 28.2. The van der Waals surface area contributed by atoms with E-state index in [0.717, 1.165) is 25.0 Å². The van der Waals surface area contributed by atoms with Crippen molar-refractivity contribution in [2.75, 3.05) is 19.8 Å². The second kappa shape index (κ2) is 9.90. The first-order chi connectivity index (χ1) is 10.2. The monoisotopic (exact) mass is 308 g/mol. The van der Waals surface area contributed by atoms with Gasteiger partial charge in [0.05, 0.1) is 0 Å². The molecule has 0 saturated carbocycles. The van der Waals surface area contributed by atoms with Crippen molar-refractivity contribution in [2.24, 2.45) is 0 Å². The average molecular weight is 308 g/mol. The lowest BCUT2D eigenvalue weighted by atomic mass is 10.1. The molecule has 0 fully saturated rings. The van der Waals surface area contributed by atoms with Gasteiger partial charge >= 0.3 is 0 Å². The van der Waals surface area contributed by atoms with E-state index in [4.69, 9.17) is 13.9 Å². The van der Waals surface area contributed by atoms with Crippen LogP contribution in [-0.2, 0) is 20.3 Å². The summed E-state index contributed by atoms with van der Waals surface area (Å²) in [5.74, 6) is 0. The van der Waals surface area contributed by atoms with E-state index in [9.17, 15) is 0 Å². The standard InChI is InChI=1S/C17H28O3Si/c1-5-15-9-11-16(12-10-15)13-14-20-21-17(6-2,18-7-3)19-8-4/h5,9-12H,1,6-8,13-14,21H2,2-4H3. The number of hydrogen-bond acceptors (Lipinski definition) is 3. The van der Waals surface area contributed by atoms with Crippen molar-refractivity contribution in [3.05, 3.63) is 42.0 Å². The zero-order chi connectivity index (χ0) is 15.6. The highest BCUT2D eigenvalue weighted by molar-refractivity contribution is 6.31. The average Bonchev–Trinajstić information content (AvgIpc) is 2.52. The first-order valence-corrected chi connectivity index (χ1v) is 9.05. The second-order valence-corrected chi connectivity index (χ2v) is 6.65. The van der Waals surface area contributed by atoms with Gasteiger partial charge in [0.2, 0.25) is 9.76 Å². The molecule has 4 heteroatoms.